The second kappa shape index (κ2) is 6.09. The molecule has 84 valence electrons. The smallest absolute Gasteiger partial charge is 0.133 e. The van der Waals surface area contributed by atoms with Gasteiger partial charge in [0, 0.05) is 24.3 Å². The van der Waals surface area contributed by atoms with Crippen molar-refractivity contribution in [3.05, 3.63) is 29.0 Å². The van der Waals surface area contributed by atoms with Crippen LogP contribution in [0, 0.1) is 0 Å². The summed E-state index contributed by atoms with van der Waals surface area (Å²) in [6.07, 6.45) is 2.89. The van der Waals surface area contributed by atoms with E-state index in [-0.39, 0.29) is 0 Å². The lowest BCUT2D eigenvalue weighted by atomic mass is 10.2. The van der Waals surface area contributed by atoms with Crippen LogP contribution >= 0.6 is 11.6 Å². The second-order valence-corrected chi connectivity index (χ2v) is 4.13. The quantitative estimate of drug-likeness (QED) is 0.716. The summed E-state index contributed by atoms with van der Waals surface area (Å²) in [6.45, 7) is 8.56. The standard InChI is InChI=1S/C12H19ClN2/c1-4-10(3)15(5-2)9-11-7-6-8-14-12(11)13/h6-8,10H,4-5,9H2,1-3H3. The SMILES string of the molecule is CCC(C)N(CC)Cc1cccnc1Cl. The molecule has 3 heteroatoms. The number of hydrogen-bond acceptors (Lipinski definition) is 2. The van der Waals surface area contributed by atoms with E-state index in [1.54, 1.807) is 6.20 Å². The number of halogens is 1. The van der Waals surface area contributed by atoms with Crippen LogP contribution in [0.2, 0.25) is 5.15 Å². The Balaban J connectivity index is 2.71. The van der Waals surface area contributed by atoms with Gasteiger partial charge in [0.05, 0.1) is 0 Å². The molecule has 0 fully saturated rings. The fourth-order valence-electron chi connectivity index (χ4n) is 1.59. The summed E-state index contributed by atoms with van der Waals surface area (Å²) < 4.78 is 0. The molecule has 0 saturated heterocycles. The zero-order valence-corrected chi connectivity index (χ0v) is 10.5. The van der Waals surface area contributed by atoms with Gasteiger partial charge in [0.1, 0.15) is 5.15 Å². The highest BCUT2D eigenvalue weighted by Gasteiger charge is 2.12. The van der Waals surface area contributed by atoms with Gasteiger partial charge in [0.15, 0.2) is 0 Å². The topological polar surface area (TPSA) is 16.1 Å². The normalized spacial score (nSPS) is 13.1. The number of nitrogens with zero attached hydrogens (tertiary/aromatic N) is 2. The fourth-order valence-corrected chi connectivity index (χ4v) is 1.77. The maximum atomic E-state index is 6.04. The third-order valence-corrected chi connectivity index (χ3v) is 3.17. The van der Waals surface area contributed by atoms with Crippen molar-refractivity contribution in [3.63, 3.8) is 0 Å². The Hall–Kier alpha value is -0.600. The van der Waals surface area contributed by atoms with E-state index in [0.717, 1.165) is 25.1 Å². The molecule has 0 aromatic carbocycles. The third-order valence-electron chi connectivity index (χ3n) is 2.83. The molecule has 0 bridgehead atoms. The molecule has 1 rings (SSSR count). The Labute approximate surface area is 97.3 Å². The molecular formula is C12H19ClN2. The molecule has 1 unspecified atom stereocenters. The van der Waals surface area contributed by atoms with Crippen LogP contribution < -0.4 is 0 Å². The Kier molecular flexibility index (Phi) is 5.06. The van der Waals surface area contributed by atoms with Crippen LogP contribution in [0.1, 0.15) is 32.8 Å². The van der Waals surface area contributed by atoms with Gasteiger partial charge in [0.2, 0.25) is 0 Å². The average molecular weight is 227 g/mol. The van der Waals surface area contributed by atoms with Crippen molar-refractivity contribution >= 4 is 11.6 Å². The summed E-state index contributed by atoms with van der Waals surface area (Å²) in [5.41, 5.74) is 1.11. The average Bonchev–Trinajstić information content (AvgIpc) is 2.27. The number of pyridine rings is 1. The van der Waals surface area contributed by atoms with Crippen LogP contribution in [0.15, 0.2) is 18.3 Å². The lowest BCUT2D eigenvalue weighted by Crippen LogP contribution is -2.31. The fraction of sp³-hybridized carbons (Fsp3) is 0.583. The minimum absolute atomic E-state index is 0.589. The number of aromatic nitrogens is 1. The largest absolute Gasteiger partial charge is 0.297 e. The Morgan fingerprint density at radius 2 is 2.20 bits per heavy atom. The van der Waals surface area contributed by atoms with Crippen LogP contribution in [-0.4, -0.2) is 22.5 Å². The summed E-state index contributed by atoms with van der Waals surface area (Å²) in [5, 5.41) is 0.624. The lowest BCUT2D eigenvalue weighted by molar-refractivity contribution is 0.206. The van der Waals surface area contributed by atoms with Gasteiger partial charge in [-0.15, -0.1) is 0 Å². The molecule has 1 atom stereocenters. The molecule has 0 aliphatic rings. The highest BCUT2D eigenvalue weighted by atomic mass is 35.5. The van der Waals surface area contributed by atoms with Crippen molar-refractivity contribution in [2.75, 3.05) is 6.54 Å². The minimum Gasteiger partial charge on any atom is -0.297 e. The Bertz CT molecular complexity index is 301. The Morgan fingerprint density at radius 3 is 2.73 bits per heavy atom. The van der Waals surface area contributed by atoms with E-state index < -0.39 is 0 Å². The van der Waals surface area contributed by atoms with E-state index in [2.05, 4.69) is 30.7 Å². The van der Waals surface area contributed by atoms with E-state index in [1.165, 1.54) is 0 Å². The van der Waals surface area contributed by atoms with Crippen LogP contribution in [-0.2, 0) is 6.54 Å². The van der Waals surface area contributed by atoms with Crippen LogP contribution in [0.5, 0.6) is 0 Å². The summed E-state index contributed by atoms with van der Waals surface area (Å²) >= 11 is 6.04. The van der Waals surface area contributed by atoms with Gasteiger partial charge < -0.3 is 0 Å². The molecule has 1 aromatic rings. The van der Waals surface area contributed by atoms with Crippen molar-refractivity contribution in [2.24, 2.45) is 0 Å². The first-order valence-corrected chi connectivity index (χ1v) is 5.90. The van der Waals surface area contributed by atoms with Gasteiger partial charge in [0.25, 0.3) is 0 Å². The zero-order valence-electron chi connectivity index (χ0n) is 9.70. The zero-order chi connectivity index (χ0) is 11.3. The van der Waals surface area contributed by atoms with Crippen molar-refractivity contribution in [1.82, 2.24) is 9.88 Å². The number of hydrogen-bond donors (Lipinski definition) is 0. The predicted molar refractivity (Wildman–Crippen MR) is 65.1 cm³/mol. The van der Waals surface area contributed by atoms with Gasteiger partial charge in [-0.2, -0.15) is 0 Å². The Morgan fingerprint density at radius 1 is 1.47 bits per heavy atom. The molecular weight excluding hydrogens is 208 g/mol. The molecule has 15 heavy (non-hydrogen) atoms. The van der Waals surface area contributed by atoms with Crippen LogP contribution in [0.3, 0.4) is 0 Å². The maximum Gasteiger partial charge on any atom is 0.133 e. The van der Waals surface area contributed by atoms with E-state index in [1.807, 2.05) is 12.1 Å². The molecule has 0 N–H and O–H groups in total. The van der Waals surface area contributed by atoms with Crippen molar-refractivity contribution in [2.45, 2.75) is 39.8 Å². The molecule has 0 aliphatic heterocycles. The second-order valence-electron chi connectivity index (χ2n) is 3.77. The maximum absolute atomic E-state index is 6.04. The van der Waals surface area contributed by atoms with Crippen molar-refractivity contribution in [3.8, 4) is 0 Å². The van der Waals surface area contributed by atoms with Gasteiger partial charge in [-0.05, 0) is 26.0 Å². The number of rotatable bonds is 5. The molecule has 0 aliphatic carbocycles. The summed E-state index contributed by atoms with van der Waals surface area (Å²) in [4.78, 5) is 6.50. The lowest BCUT2D eigenvalue weighted by Gasteiger charge is -2.27. The highest BCUT2D eigenvalue weighted by molar-refractivity contribution is 6.30. The van der Waals surface area contributed by atoms with E-state index in [0.29, 0.717) is 11.2 Å². The van der Waals surface area contributed by atoms with Gasteiger partial charge >= 0.3 is 0 Å². The summed E-state index contributed by atoms with van der Waals surface area (Å²) in [5.74, 6) is 0. The van der Waals surface area contributed by atoms with E-state index in [9.17, 15) is 0 Å². The van der Waals surface area contributed by atoms with E-state index in [4.69, 9.17) is 11.6 Å². The highest BCUT2D eigenvalue weighted by Crippen LogP contribution is 2.16. The van der Waals surface area contributed by atoms with Gasteiger partial charge in [-0.25, -0.2) is 4.98 Å². The predicted octanol–water partition coefficient (Wildman–Crippen LogP) is 3.36. The van der Waals surface area contributed by atoms with Crippen molar-refractivity contribution in [1.29, 1.82) is 0 Å². The minimum atomic E-state index is 0.589. The first-order chi connectivity index (χ1) is 7.19. The summed E-state index contributed by atoms with van der Waals surface area (Å²) in [7, 11) is 0. The van der Waals surface area contributed by atoms with Gasteiger partial charge in [-0.1, -0.05) is 31.5 Å². The molecule has 0 radical (unpaired) electrons. The third kappa shape index (κ3) is 3.47. The van der Waals surface area contributed by atoms with Crippen LogP contribution in [0.4, 0.5) is 0 Å². The van der Waals surface area contributed by atoms with Gasteiger partial charge in [-0.3, -0.25) is 4.90 Å². The molecule has 2 nitrogen and oxygen atoms in total. The van der Waals surface area contributed by atoms with Crippen molar-refractivity contribution < 1.29 is 0 Å². The molecule has 0 saturated carbocycles. The molecule has 1 aromatic heterocycles. The first-order valence-electron chi connectivity index (χ1n) is 5.52. The first kappa shape index (κ1) is 12.5. The summed E-state index contributed by atoms with van der Waals surface area (Å²) in [6, 6.07) is 4.57. The molecule has 0 spiro atoms. The van der Waals surface area contributed by atoms with E-state index >= 15 is 0 Å². The molecule has 1 heterocycles. The molecule has 0 amide bonds. The monoisotopic (exact) mass is 226 g/mol. The van der Waals surface area contributed by atoms with Crippen LogP contribution in [0.25, 0.3) is 0 Å².